The van der Waals surface area contributed by atoms with Crippen molar-refractivity contribution in [2.75, 3.05) is 19.0 Å². The number of thiophene rings is 1. The molecular formula is C24H27N3O4S2. The van der Waals surface area contributed by atoms with E-state index < -0.39 is 0 Å². The van der Waals surface area contributed by atoms with Gasteiger partial charge in [-0.25, -0.2) is 4.98 Å². The highest BCUT2D eigenvalue weighted by Crippen LogP contribution is 2.34. The van der Waals surface area contributed by atoms with Gasteiger partial charge in [0.25, 0.3) is 5.56 Å². The first kappa shape index (κ1) is 23.4. The van der Waals surface area contributed by atoms with E-state index in [1.54, 1.807) is 10.6 Å². The molecule has 0 aliphatic carbocycles. The number of carbonyl (C=O) groups is 1. The van der Waals surface area contributed by atoms with Crippen molar-refractivity contribution in [3.63, 3.8) is 0 Å². The van der Waals surface area contributed by atoms with Crippen molar-refractivity contribution in [2.24, 2.45) is 5.92 Å². The lowest BCUT2D eigenvalue weighted by Crippen LogP contribution is -2.33. The third-order valence-corrected chi connectivity index (χ3v) is 7.16. The number of hydrogen-bond donors (Lipinski definition) is 1. The molecule has 2 aromatic heterocycles. The standard InChI is InChI=1S/C24H27N3O4S2/c1-4-9-27-23(29)22-17(8-12-32-22)25-24(27)33-14-20(28)26-21(15(2)3)16-6-7-18-19(13-16)31-11-5-10-30-18/h4,6-8,12-13,15,21H,1,5,9-11,14H2,2-3H3,(H,26,28). The van der Waals surface area contributed by atoms with Gasteiger partial charge in [0.1, 0.15) is 4.70 Å². The molecule has 1 N–H and O–H groups in total. The molecule has 33 heavy (non-hydrogen) atoms. The van der Waals surface area contributed by atoms with Crippen LogP contribution in [0.4, 0.5) is 0 Å². The Morgan fingerprint density at radius 2 is 2.09 bits per heavy atom. The van der Waals surface area contributed by atoms with Crippen LogP contribution in [0.25, 0.3) is 10.2 Å². The summed E-state index contributed by atoms with van der Waals surface area (Å²) in [6, 6.07) is 7.47. The first-order valence-electron chi connectivity index (χ1n) is 10.9. The predicted molar refractivity (Wildman–Crippen MR) is 133 cm³/mol. The Bertz CT molecular complexity index is 1220. The summed E-state index contributed by atoms with van der Waals surface area (Å²) in [5.41, 5.74) is 1.51. The molecule has 0 radical (unpaired) electrons. The van der Waals surface area contributed by atoms with Crippen molar-refractivity contribution in [1.29, 1.82) is 0 Å². The van der Waals surface area contributed by atoms with Gasteiger partial charge < -0.3 is 14.8 Å². The molecule has 0 saturated heterocycles. The summed E-state index contributed by atoms with van der Waals surface area (Å²) in [6.07, 6.45) is 2.50. The van der Waals surface area contributed by atoms with Crippen LogP contribution in [0, 0.1) is 5.92 Å². The number of allylic oxidation sites excluding steroid dienone is 1. The van der Waals surface area contributed by atoms with Crippen molar-refractivity contribution in [3.8, 4) is 11.5 Å². The van der Waals surface area contributed by atoms with E-state index in [4.69, 9.17) is 9.47 Å². The molecule has 0 saturated carbocycles. The van der Waals surface area contributed by atoms with E-state index in [1.807, 2.05) is 29.6 Å². The minimum atomic E-state index is -0.182. The van der Waals surface area contributed by atoms with Crippen molar-refractivity contribution < 1.29 is 14.3 Å². The van der Waals surface area contributed by atoms with Gasteiger partial charge in [0.05, 0.1) is 30.5 Å². The Kier molecular flexibility index (Phi) is 7.39. The Hall–Kier alpha value is -2.78. The zero-order valence-corrected chi connectivity index (χ0v) is 20.3. The highest BCUT2D eigenvalue weighted by Gasteiger charge is 2.22. The van der Waals surface area contributed by atoms with Crippen LogP contribution >= 0.6 is 23.1 Å². The van der Waals surface area contributed by atoms with Crippen LogP contribution in [-0.4, -0.2) is 34.4 Å². The number of carbonyl (C=O) groups excluding carboxylic acids is 1. The maximum absolute atomic E-state index is 12.9. The molecule has 1 aliphatic rings. The molecule has 0 fully saturated rings. The SMILES string of the molecule is C=CCn1c(SCC(=O)NC(c2ccc3c(c2)OCCCO3)C(C)C)nc2ccsc2c1=O. The van der Waals surface area contributed by atoms with Gasteiger partial charge in [0, 0.05) is 13.0 Å². The molecule has 174 valence electrons. The minimum absolute atomic E-state index is 0.106. The number of hydrogen-bond acceptors (Lipinski definition) is 7. The molecule has 7 nitrogen and oxygen atoms in total. The molecule has 0 bridgehead atoms. The molecular weight excluding hydrogens is 458 g/mol. The summed E-state index contributed by atoms with van der Waals surface area (Å²) in [5, 5.41) is 5.49. The second kappa shape index (κ2) is 10.4. The van der Waals surface area contributed by atoms with Gasteiger partial charge in [0.15, 0.2) is 16.7 Å². The van der Waals surface area contributed by atoms with Crippen molar-refractivity contribution in [1.82, 2.24) is 14.9 Å². The second-order valence-corrected chi connectivity index (χ2v) is 9.93. The lowest BCUT2D eigenvalue weighted by Gasteiger charge is -2.24. The molecule has 0 spiro atoms. The third kappa shape index (κ3) is 5.25. The van der Waals surface area contributed by atoms with Gasteiger partial charge in [-0.05, 0) is 35.1 Å². The average Bonchev–Trinajstić information content (AvgIpc) is 3.15. The zero-order valence-electron chi connectivity index (χ0n) is 18.7. The Morgan fingerprint density at radius 3 is 2.85 bits per heavy atom. The molecule has 3 heterocycles. The third-order valence-electron chi connectivity index (χ3n) is 5.29. The maximum Gasteiger partial charge on any atom is 0.272 e. The van der Waals surface area contributed by atoms with E-state index in [-0.39, 0.29) is 29.2 Å². The molecule has 1 atom stereocenters. The molecule has 1 amide bonds. The first-order valence-corrected chi connectivity index (χ1v) is 12.7. The number of nitrogens with zero attached hydrogens (tertiary/aromatic N) is 2. The maximum atomic E-state index is 12.9. The lowest BCUT2D eigenvalue weighted by molar-refractivity contribution is -0.119. The number of rotatable bonds is 8. The Balaban J connectivity index is 1.49. The first-order chi connectivity index (χ1) is 16.0. The van der Waals surface area contributed by atoms with E-state index in [0.29, 0.717) is 40.9 Å². The van der Waals surface area contributed by atoms with Gasteiger partial charge in [-0.3, -0.25) is 14.2 Å². The van der Waals surface area contributed by atoms with Gasteiger partial charge in [-0.15, -0.1) is 17.9 Å². The van der Waals surface area contributed by atoms with E-state index in [0.717, 1.165) is 17.7 Å². The summed E-state index contributed by atoms with van der Waals surface area (Å²) in [6.45, 7) is 9.46. The number of benzene rings is 1. The highest BCUT2D eigenvalue weighted by atomic mass is 32.2. The van der Waals surface area contributed by atoms with Gasteiger partial charge in [-0.2, -0.15) is 0 Å². The second-order valence-electron chi connectivity index (χ2n) is 8.07. The van der Waals surface area contributed by atoms with Crippen molar-refractivity contribution >= 4 is 39.2 Å². The molecule has 1 unspecified atom stereocenters. The number of amides is 1. The molecule has 9 heteroatoms. The van der Waals surface area contributed by atoms with Crippen LogP contribution in [0.15, 0.2) is 52.3 Å². The van der Waals surface area contributed by atoms with Crippen LogP contribution in [0.1, 0.15) is 31.9 Å². The minimum Gasteiger partial charge on any atom is -0.490 e. The summed E-state index contributed by atoms with van der Waals surface area (Å²) >= 11 is 2.62. The fraction of sp³-hybridized carbons (Fsp3) is 0.375. The molecule has 1 aliphatic heterocycles. The van der Waals surface area contributed by atoms with Crippen molar-refractivity contribution in [3.05, 3.63) is 58.2 Å². The van der Waals surface area contributed by atoms with E-state index in [2.05, 4.69) is 30.7 Å². The molecule has 3 aromatic rings. The highest BCUT2D eigenvalue weighted by molar-refractivity contribution is 7.99. The van der Waals surface area contributed by atoms with Crippen molar-refractivity contribution in [2.45, 2.75) is 38.0 Å². The summed E-state index contributed by atoms with van der Waals surface area (Å²) in [4.78, 5) is 30.3. The number of fused-ring (bicyclic) bond motifs is 2. The van der Waals surface area contributed by atoms with Crippen LogP contribution in [0.3, 0.4) is 0 Å². The van der Waals surface area contributed by atoms with Gasteiger partial charge in [0.2, 0.25) is 5.91 Å². The van der Waals surface area contributed by atoms with E-state index in [9.17, 15) is 9.59 Å². The van der Waals surface area contributed by atoms with Gasteiger partial charge >= 0.3 is 0 Å². The molecule has 1 aromatic carbocycles. The fourth-order valence-corrected chi connectivity index (χ4v) is 5.28. The van der Waals surface area contributed by atoms with E-state index in [1.165, 1.54) is 23.1 Å². The van der Waals surface area contributed by atoms with Crippen LogP contribution in [0.2, 0.25) is 0 Å². The lowest BCUT2D eigenvalue weighted by atomic mass is 9.95. The quantitative estimate of drug-likeness (QED) is 0.289. The number of ether oxygens (including phenoxy) is 2. The van der Waals surface area contributed by atoms with Gasteiger partial charge in [-0.1, -0.05) is 37.8 Å². The van der Waals surface area contributed by atoms with Crippen LogP contribution < -0.4 is 20.3 Å². The number of aromatic nitrogens is 2. The summed E-state index contributed by atoms with van der Waals surface area (Å²) < 4.78 is 13.7. The summed E-state index contributed by atoms with van der Waals surface area (Å²) in [5.74, 6) is 1.63. The normalized spacial score (nSPS) is 14.2. The molecule has 4 rings (SSSR count). The predicted octanol–water partition coefficient (Wildman–Crippen LogP) is 4.41. The Morgan fingerprint density at radius 1 is 1.30 bits per heavy atom. The zero-order chi connectivity index (χ0) is 23.4. The van der Waals surface area contributed by atoms with Crippen LogP contribution in [-0.2, 0) is 11.3 Å². The summed E-state index contributed by atoms with van der Waals surface area (Å²) in [7, 11) is 0. The number of nitrogens with one attached hydrogen (secondary N) is 1. The van der Waals surface area contributed by atoms with E-state index >= 15 is 0 Å². The average molecular weight is 486 g/mol. The fourth-order valence-electron chi connectivity index (χ4n) is 3.68. The largest absolute Gasteiger partial charge is 0.490 e. The topological polar surface area (TPSA) is 82.5 Å². The van der Waals surface area contributed by atoms with Crippen LogP contribution in [0.5, 0.6) is 11.5 Å². The Labute approximate surface area is 200 Å². The monoisotopic (exact) mass is 485 g/mol. The number of thioether (sulfide) groups is 1. The smallest absolute Gasteiger partial charge is 0.272 e.